The number of imidazole rings is 1. The minimum Gasteiger partial charge on any atom is -0.340 e. The van der Waals surface area contributed by atoms with Gasteiger partial charge in [0.1, 0.15) is 11.6 Å². The number of hydrogen-bond acceptors (Lipinski definition) is 2. The average Bonchev–Trinajstić information content (AvgIpc) is 3.23. The summed E-state index contributed by atoms with van der Waals surface area (Å²) in [5.74, 6) is 0.680. The maximum Gasteiger partial charge on any atom is 0.223 e. The normalized spacial score (nSPS) is 16.8. The minimum absolute atomic E-state index is 0.0459. The van der Waals surface area contributed by atoms with E-state index in [1.807, 2.05) is 23.1 Å². The molecule has 1 saturated heterocycles. The van der Waals surface area contributed by atoms with Crippen molar-refractivity contribution in [1.29, 1.82) is 0 Å². The number of aromatic nitrogens is 2. The molecule has 1 N–H and O–H groups in total. The fourth-order valence-corrected chi connectivity index (χ4v) is 4.10. The van der Waals surface area contributed by atoms with Crippen LogP contribution in [0.25, 0.3) is 11.3 Å². The van der Waals surface area contributed by atoms with E-state index in [-0.39, 0.29) is 17.8 Å². The summed E-state index contributed by atoms with van der Waals surface area (Å²) < 4.78 is 13.5. The van der Waals surface area contributed by atoms with Crippen molar-refractivity contribution in [2.45, 2.75) is 45.1 Å². The van der Waals surface area contributed by atoms with Gasteiger partial charge in [0.2, 0.25) is 5.91 Å². The van der Waals surface area contributed by atoms with Crippen molar-refractivity contribution in [2.24, 2.45) is 0 Å². The van der Waals surface area contributed by atoms with Crippen LogP contribution in [0.15, 0.2) is 54.7 Å². The van der Waals surface area contributed by atoms with E-state index in [1.165, 1.54) is 23.3 Å². The zero-order valence-corrected chi connectivity index (χ0v) is 16.7. The van der Waals surface area contributed by atoms with Crippen molar-refractivity contribution in [3.8, 4) is 11.3 Å². The molecule has 5 heteroatoms. The average molecular weight is 391 g/mol. The molecule has 1 fully saturated rings. The number of H-pyrrole nitrogens is 1. The number of piperidine rings is 1. The van der Waals surface area contributed by atoms with Gasteiger partial charge in [-0.1, -0.05) is 36.4 Å². The Morgan fingerprint density at radius 1 is 1.21 bits per heavy atom. The maximum atomic E-state index is 13.5. The molecule has 4 rings (SSSR count). The van der Waals surface area contributed by atoms with E-state index in [9.17, 15) is 9.18 Å². The van der Waals surface area contributed by atoms with Crippen LogP contribution in [0.1, 0.15) is 48.7 Å². The molecular formula is C24H26FN3O. The molecule has 1 aliphatic heterocycles. The first-order valence-corrected chi connectivity index (χ1v) is 10.3. The van der Waals surface area contributed by atoms with Gasteiger partial charge in [0.25, 0.3) is 0 Å². The van der Waals surface area contributed by atoms with Gasteiger partial charge in [-0.25, -0.2) is 9.37 Å². The number of rotatable bonds is 5. The van der Waals surface area contributed by atoms with Crippen molar-refractivity contribution < 1.29 is 9.18 Å². The quantitative estimate of drug-likeness (QED) is 0.649. The Morgan fingerprint density at radius 2 is 2.07 bits per heavy atom. The lowest BCUT2D eigenvalue weighted by Crippen LogP contribution is -2.39. The third-order valence-electron chi connectivity index (χ3n) is 5.74. The lowest BCUT2D eigenvalue weighted by molar-refractivity contribution is -0.135. The fourth-order valence-electron chi connectivity index (χ4n) is 4.10. The van der Waals surface area contributed by atoms with Gasteiger partial charge in [0.05, 0.1) is 17.9 Å². The highest BCUT2D eigenvalue weighted by Gasteiger charge is 2.29. The highest BCUT2D eigenvalue weighted by atomic mass is 19.1. The Morgan fingerprint density at radius 3 is 2.90 bits per heavy atom. The van der Waals surface area contributed by atoms with E-state index in [1.54, 1.807) is 12.3 Å². The second kappa shape index (κ2) is 8.60. The largest absolute Gasteiger partial charge is 0.340 e. The number of aryl methyl sites for hydroxylation is 2. The number of halogens is 1. The standard InChI is InChI=1S/C24H26FN3O/c1-17-7-2-3-8-18(17)12-13-23(29)28-14-5-4-11-22(28)24-26-16-21(27-24)19-9-6-10-20(25)15-19/h2-3,6-10,15-16,22H,4-5,11-14H2,1H3,(H,26,27). The SMILES string of the molecule is Cc1ccccc1CCC(=O)N1CCCCC1c1ncc(-c2cccc(F)c2)[nH]1. The first-order chi connectivity index (χ1) is 14.1. The van der Waals surface area contributed by atoms with Crippen LogP contribution in [-0.4, -0.2) is 27.3 Å². The molecular weight excluding hydrogens is 365 g/mol. The van der Waals surface area contributed by atoms with Crippen LogP contribution in [0.2, 0.25) is 0 Å². The highest BCUT2D eigenvalue weighted by molar-refractivity contribution is 5.77. The van der Waals surface area contributed by atoms with E-state index in [0.29, 0.717) is 6.42 Å². The summed E-state index contributed by atoms with van der Waals surface area (Å²) in [6, 6.07) is 14.6. The predicted octanol–water partition coefficient (Wildman–Crippen LogP) is 5.21. The zero-order valence-electron chi connectivity index (χ0n) is 16.7. The van der Waals surface area contributed by atoms with Crippen LogP contribution in [0.4, 0.5) is 4.39 Å². The number of carbonyl (C=O) groups is 1. The molecule has 2 heterocycles. The number of likely N-dealkylation sites (tertiary alicyclic amines) is 1. The number of nitrogens with one attached hydrogen (secondary N) is 1. The Hall–Kier alpha value is -2.95. The molecule has 0 spiro atoms. The number of nitrogens with zero attached hydrogens (tertiary/aromatic N) is 2. The van der Waals surface area contributed by atoms with Gasteiger partial charge in [0, 0.05) is 18.5 Å². The number of amides is 1. The molecule has 1 aliphatic rings. The first-order valence-electron chi connectivity index (χ1n) is 10.3. The van der Waals surface area contributed by atoms with Crippen molar-refractivity contribution >= 4 is 5.91 Å². The summed E-state index contributed by atoms with van der Waals surface area (Å²) >= 11 is 0. The molecule has 0 saturated carbocycles. The summed E-state index contributed by atoms with van der Waals surface area (Å²) in [6.07, 6.45) is 5.97. The van der Waals surface area contributed by atoms with Crippen LogP contribution in [0.3, 0.4) is 0 Å². The summed E-state index contributed by atoms with van der Waals surface area (Å²) in [5.41, 5.74) is 3.98. The Bertz CT molecular complexity index is 997. The molecule has 0 bridgehead atoms. The molecule has 2 aromatic carbocycles. The molecule has 1 unspecified atom stereocenters. The summed E-state index contributed by atoms with van der Waals surface area (Å²) in [7, 11) is 0. The fraction of sp³-hybridized carbons (Fsp3) is 0.333. The predicted molar refractivity (Wildman–Crippen MR) is 112 cm³/mol. The molecule has 1 amide bonds. The van der Waals surface area contributed by atoms with Gasteiger partial charge in [-0.3, -0.25) is 4.79 Å². The molecule has 4 nitrogen and oxygen atoms in total. The molecule has 150 valence electrons. The van der Waals surface area contributed by atoms with Crippen molar-refractivity contribution in [3.63, 3.8) is 0 Å². The van der Waals surface area contributed by atoms with Gasteiger partial charge in [-0.15, -0.1) is 0 Å². The van der Waals surface area contributed by atoms with Crippen molar-refractivity contribution in [1.82, 2.24) is 14.9 Å². The van der Waals surface area contributed by atoms with Gasteiger partial charge in [-0.2, -0.15) is 0 Å². The zero-order chi connectivity index (χ0) is 20.2. The monoisotopic (exact) mass is 391 g/mol. The van der Waals surface area contributed by atoms with E-state index >= 15 is 0 Å². The van der Waals surface area contributed by atoms with Crippen LogP contribution >= 0.6 is 0 Å². The second-order valence-corrected chi connectivity index (χ2v) is 7.72. The number of hydrogen-bond donors (Lipinski definition) is 1. The summed E-state index contributed by atoms with van der Waals surface area (Å²) in [4.78, 5) is 22.9. The molecule has 3 aromatic rings. The van der Waals surface area contributed by atoms with Gasteiger partial charge in [-0.05, 0) is 55.9 Å². The number of benzene rings is 2. The van der Waals surface area contributed by atoms with E-state index < -0.39 is 0 Å². The molecule has 1 atom stereocenters. The maximum absolute atomic E-state index is 13.5. The number of aromatic amines is 1. The Balaban J connectivity index is 1.49. The second-order valence-electron chi connectivity index (χ2n) is 7.72. The topological polar surface area (TPSA) is 49.0 Å². The minimum atomic E-state index is -0.274. The van der Waals surface area contributed by atoms with Crippen molar-refractivity contribution in [3.05, 3.63) is 77.5 Å². The van der Waals surface area contributed by atoms with Gasteiger partial charge >= 0.3 is 0 Å². The Labute approximate surface area is 170 Å². The third kappa shape index (κ3) is 4.39. The van der Waals surface area contributed by atoms with Crippen LogP contribution in [0.5, 0.6) is 0 Å². The molecule has 29 heavy (non-hydrogen) atoms. The van der Waals surface area contributed by atoms with E-state index in [0.717, 1.165) is 49.3 Å². The number of carbonyl (C=O) groups excluding carboxylic acids is 1. The third-order valence-corrected chi connectivity index (χ3v) is 5.74. The lowest BCUT2D eigenvalue weighted by Gasteiger charge is -2.34. The van der Waals surface area contributed by atoms with Crippen LogP contribution < -0.4 is 0 Å². The van der Waals surface area contributed by atoms with Gasteiger partial charge < -0.3 is 9.88 Å². The van der Waals surface area contributed by atoms with Gasteiger partial charge in [0.15, 0.2) is 0 Å². The molecule has 0 radical (unpaired) electrons. The smallest absolute Gasteiger partial charge is 0.223 e. The van der Waals surface area contributed by atoms with Crippen LogP contribution in [0, 0.1) is 12.7 Å². The summed E-state index contributed by atoms with van der Waals surface area (Å²) in [6.45, 7) is 2.84. The van der Waals surface area contributed by atoms with Crippen LogP contribution in [-0.2, 0) is 11.2 Å². The first kappa shape index (κ1) is 19.4. The lowest BCUT2D eigenvalue weighted by atomic mass is 9.99. The molecule has 1 aromatic heterocycles. The van der Waals surface area contributed by atoms with Crippen molar-refractivity contribution in [2.75, 3.05) is 6.54 Å². The molecule has 0 aliphatic carbocycles. The van der Waals surface area contributed by atoms with E-state index in [4.69, 9.17) is 0 Å². The van der Waals surface area contributed by atoms with E-state index in [2.05, 4.69) is 29.0 Å². The summed E-state index contributed by atoms with van der Waals surface area (Å²) in [5, 5.41) is 0. The Kier molecular flexibility index (Phi) is 5.74. The highest BCUT2D eigenvalue weighted by Crippen LogP contribution is 2.31.